The Hall–Kier alpha value is -1.60. The number of hydrogen-bond acceptors (Lipinski definition) is 5. The minimum atomic E-state index is 0. The minimum absolute atomic E-state index is 0. The van der Waals surface area contributed by atoms with Crippen LogP contribution in [0.25, 0.3) is 10.2 Å². The van der Waals surface area contributed by atoms with Crippen molar-refractivity contribution in [3.63, 3.8) is 0 Å². The van der Waals surface area contributed by atoms with Gasteiger partial charge in [-0.25, -0.2) is 4.98 Å². The first-order chi connectivity index (χ1) is 12.6. The highest BCUT2D eigenvalue weighted by Gasteiger charge is 2.20. The quantitative estimate of drug-likeness (QED) is 0.523. The molecule has 0 fully saturated rings. The molecule has 1 heterocycles. The fraction of sp³-hybridized carbons (Fsp3) is 0.300. The van der Waals surface area contributed by atoms with E-state index in [-0.39, 0.29) is 18.3 Å². The molecule has 0 bridgehead atoms. The Bertz CT molecular complexity index is 883. The van der Waals surface area contributed by atoms with Gasteiger partial charge in [0, 0.05) is 18.0 Å². The third kappa shape index (κ3) is 5.69. The van der Waals surface area contributed by atoms with Crippen molar-refractivity contribution >= 4 is 56.8 Å². The van der Waals surface area contributed by atoms with E-state index in [2.05, 4.69) is 23.3 Å². The summed E-state index contributed by atoms with van der Waals surface area (Å²) in [4.78, 5) is 22.8. The maximum Gasteiger partial charge on any atom is 0.233 e. The molecule has 0 spiro atoms. The highest BCUT2D eigenvalue weighted by molar-refractivity contribution is 7.98. The van der Waals surface area contributed by atoms with E-state index >= 15 is 0 Å². The van der Waals surface area contributed by atoms with Crippen molar-refractivity contribution < 1.29 is 4.79 Å². The number of amides is 1. The van der Waals surface area contributed by atoms with Gasteiger partial charge in [-0.15, -0.1) is 24.2 Å². The normalized spacial score (nSPS) is 10.8. The first kappa shape index (κ1) is 21.7. The molecule has 3 rings (SSSR count). The lowest BCUT2D eigenvalue weighted by molar-refractivity contribution is -0.118. The number of likely N-dealkylation sites (N-methyl/N-ethyl adjacent to an activating group) is 1. The first-order valence-electron chi connectivity index (χ1n) is 8.50. The minimum Gasteiger partial charge on any atom is -0.308 e. The van der Waals surface area contributed by atoms with Crippen molar-refractivity contribution in [1.29, 1.82) is 0 Å². The molecule has 27 heavy (non-hydrogen) atoms. The van der Waals surface area contributed by atoms with Gasteiger partial charge < -0.3 is 4.90 Å². The molecule has 0 aliphatic rings. The topological polar surface area (TPSA) is 36.4 Å². The molecule has 0 unspecified atom stereocenters. The Kier molecular flexibility index (Phi) is 8.10. The molecule has 1 amide bonds. The van der Waals surface area contributed by atoms with Crippen LogP contribution >= 0.6 is 35.5 Å². The molecule has 2 aromatic carbocycles. The Morgan fingerprint density at radius 2 is 1.85 bits per heavy atom. The van der Waals surface area contributed by atoms with E-state index in [1.165, 1.54) is 4.90 Å². The summed E-state index contributed by atoms with van der Waals surface area (Å²) in [6.07, 6.45) is 2.45. The van der Waals surface area contributed by atoms with Gasteiger partial charge in [0.25, 0.3) is 0 Å². The van der Waals surface area contributed by atoms with Crippen LogP contribution in [0.15, 0.2) is 53.4 Å². The molecule has 3 aromatic rings. The van der Waals surface area contributed by atoms with Gasteiger partial charge in [0.1, 0.15) is 0 Å². The fourth-order valence-electron chi connectivity index (χ4n) is 2.63. The maximum absolute atomic E-state index is 13.0. The van der Waals surface area contributed by atoms with Gasteiger partial charge in [-0.1, -0.05) is 41.7 Å². The zero-order chi connectivity index (χ0) is 18.5. The lowest BCUT2D eigenvalue weighted by atomic mass is 10.1. The van der Waals surface area contributed by atoms with Crippen molar-refractivity contribution in [2.75, 3.05) is 38.3 Å². The van der Waals surface area contributed by atoms with Crippen LogP contribution in [-0.4, -0.2) is 49.2 Å². The average molecular weight is 422 g/mol. The number of fused-ring (bicyclic) bond motifs is 1. The lowest BCUT2D eigenvalue weighted by Gasteiger charge is -2.22. The van der Waals surface area contributed by atoms with E-state index in [1.54, 1.807) is 23.1 Å². The highest BCUT2D eigenvalue weighted by Crippen LogP contribution is 2.31. The molecule has 0 N–H and O–H groups in total. The standard InChI is InChI=1S/C20H23N3OS2.ClH/c1-22(2)11-12-23(19(24)13-15-7-5-4-6-8-15)20-21-17-10-9-16(25-3)14-18(17)26-20;/h4-10,14H,11-13H2,1-3H3;1H. The Labute approximate surface area is 175 Å². The Balaban J connectivity index is 0.00000261. The van der Waals surface area contributed by atoms with Crippen LogP contribution in [0.2, 0.25) is 0 Å². The Morgan fingerprint density at radius 1 is 1.11 bits per heavy atom. The molecule has 1 aromatic heterocycles. The molecule has 7 heteroatoms. The number of carbonyl (C=O) groups is 1. The smallest absolute Gasteiger partial charge is 0.233 e. The van der Waals surface area contributed by atoms with Gasteiger partial charge in [-0.3, -0.25) is 9.69 Å². The summed E-state index contributed by atoms with van der Waals surface area (Å²) in [5.74, 6) is 0.0854. The summed E-state index contributed by atoms with van der Waals surface area (Å²) in [5, 5.41) is 0.779. The summed E-state index contributed by atoms with van der Waals surface area (Å²) in [6, 6.07) is 16.1. The van der Waals surface area contributed by atoms with E-state index in [9.17, 15) is 4.79 Å². The number of rotatable bonds is 7. The van der Waals surface area contributed by atoms with Gasteiger partial charge in [0.05, 0.1) is 16.6 Å². The van der Waals surface area contributed by atoms with Crippen LogP contribution in [0.1, 0.15) is 5.56 Å². The number of aromatic nitrogens is 1. The molecule has 0 saturated heterocycles. The zero-order valence-corrected chi connectivity index (χ0v) is 18.2. The molecular formula is C20H24ClN3OS2. The second-order valence-corrected chi connectivity index (χ2v) is 8.23. The molecule has 0 aliphatic carbocycles. The van der Waals surface area contributed by atoms with Crippen LogP contribution in [0.5, 0.6) is 0 Å². The number of benzene rings is 2. The average Bonchev–Trinajstić information content (AvgIpc) is 3.05. The van der Waals surface area contributed by atoms with Crippen LogP contribution in [0, 0.1) is 0 Å². The maximum atomic E-state index is 13.0. The summed E-state index contributed by atoms with van der Waals surface area (Å²) >= 11 is 3.30. The molecule has 0 saturated carbocycles. The van der Waals surface area contributed by atoms with Crippen molar-refractivity contribution in [2.45, 2.75) is 11.3 Å². The second-order valence-electron chi connectivity index (χ2n) is 6.34. The number of thiazole rings is 1. The Morgan fingerprint density at radius 3 is 2.52 bits per heavy atom. The van der Waals surface area contributed by atoms with Crippen molar-refractivity contribution in [2.24, 2.45) is 0 Å². The van der Waals surface area contributed by atoms with Crippen molar-refractivity contribution in [1.82, 2.24) is 9.88 Å². The molecule has 144 valence electrons. The third-order valence-electron chi connectivity index (χ3n) is 4.09. The highest BCUT2D eigenvalue weighted by atomic mass is 35.5. The number of anilines is 1. The number of carbonyl (C=O) groups excluding carboxylic acids is 1. The predicted octanol–water partition coefficient (Wildman–Crippen LogP) is 4.58. The van der Waals surface area contributed by atoms with E-state index < -0.39 is 0 Å². The van der Waals surface area contributed by atoms with E-state index in [0.29, 0.717) is 13.0 Å². The zero-order valence-electron chi connectivity index (χ0n) is 15.7. The molecule has 0 atom stereocenters. The van der Waals surface area contributed by atoms with Crippen LogP contribution in [0.4, 0.5) is 5.13 Å². The molecule has 4 nitrogen and oxygen atoms in total. The summed E-state index contributed by atoms with van der Waals surface area (Å²) in [7, 11) is 4.03. The second kappa shape index (κ2) is 10.1. The van der Waals surface area contributed by atoms with Gasteiger partial charge >= 0.3 is 0 Å². The monoisotopic (exact) mass is 421 g/mol. The van der Waals surface area contributed by atoms with Crippen molar-refractivity contribution in [3.05, 3.63) is 54.1 Å². The number of nitrogens with zero attached hydrogens (tertiary/aromatic N) is 3. The largest absolute Gasteiger partial charge is 0.308 e. The van der Waals surface area contributed by atoms with Crippen LogP contribution in [0.3, 0.4) is 0 Å². The number of hydrogen-bond donors (Lipinski definition) is 0. The number of halogens is 1. The predicted molar refractivity (Wildman–Crippen MR) is 120 cm³/mol. The van der Waals surface area contributed by atoms with Gasteiger partial charge in [-0.05, 0) is 44.1 Å². The van der Waals surface area contributed by atoms with Crippen LogP contribution < -0.4 is 4.90 Å². The summed E-state index contributed by atoms with van der Waals surface area (Å²) in [5.41, 5.74) is 1.98. The van der Waals surface area contributed by atoms with Gasteiger partial charge in [-0.2, -0.15) is 0 Å². The van der Waals surface area contributed by atoms with E-state index in [1.807, 2.05) is 55.4 Å². The summed E-state index contributed by atoms with van der Waals surface area (Å²) < 4.78 is 1.12. The molecule has 0 aliphatic heterocycles. The first-order valence-corrected chi connectivity index (χ1v) is 10.5. The molecular weight excluding hydrogens is 398 g/mol. The van der Waals surface area contributed by atoms with E-state index in [0.717, 1.165) is 27.5 Å². The van der Waals surface area contributed by atoms with Gasteiger partial charge in [0.2, 0.25) is 5.91 Å². The van der Waals surface area contributed by atoms with E-state index in [4.69, 9.17) is 4.98 Å². The van der Waals surface area contributed by atoms with Gasteiger partial charge in [0.15, 0.2) is 5.13 Å². The fourth-order valence-corrected chi connectivity index (χ4v) is 4.19. The lowest BCUT2D eigenvalue weighted by Crippen LogP contribution is -2.37. The van der Waals surface area contributed by atoms with Crippen LogP contribution in [-0.2, 0) is 11.2 Å². The SMILES string of the molecule is CSc1ccc2nc(N(CCN(C)C)C(=O)Cc3ccccc3)sc2c1.Cl. The van der Waals surface area contributed by atoms with Crippen molar-refractivity contribution in [3.8, 4) is 0 Å². The number of thioether (sulfide) groups is 1. The molecule has 0 radical (unpaired) electrons. The third-order valence-corrected chi connectivity index (χ3v) is 5.85. The summed E-state index contributed by atoms with van der Waals surface area (Å²) in [6.45, 7) is 1.43.